The molecule has 2 heterocycles. The molecule has 0 saturated carbocycles. The van der Waals surface area contributed by atoms with Crippen LogP contribution in [0.1, 0.15) is 42.2 Å². The second-order valence-corrected chi connectivity index (χ2v) is 5.42. The van der Waals surface area contributed by atoms with Gasteiger partial charge in [-0.25, -0.2) is 9.97 Å². The van der Waals surface area contributed by atoms with Crippen LogP contribution in [0.3, 0.4) is 0 Å². The predicted molar refractivity (Wildman–Crippen MR) is 79.7 cm³/mol. The second-order valence-electron chi connectivity index (χ2n) is 5.42. The number of nitrogens with zero attached hydrogens (tertiary/aromatic N) is 3. The zero-order valence-corrected chi connectivity index (χ0v) is 13.1. The molecule has 2 rings (SSSR count). The SMILES string of the molecule is CCCN1CCOC(c2nc(C)c(CNC)c(C)n2)C1. The van der Waals surface area contributed by atoms with Crippen LogP contribution in [0.4, 0.5) is 0 Å². The number of hydrogen-bond acceptors (Lipinski definition) is 5. The van der Waals surface area contributed by atoms with Crippen LogP contribution >= 0.6 is 0 Å². The Morgan fingerprint density at radius 1 is 1.30 bits per heavy atom. The highest BCUT2D eigenvalue weighted by molar-refractivity contribution is 5.24. The fraction of sp³-hybridized carbons (Fsp3) is 0.733. The smallest absolute Gasteiger partial charge is 0.158 e. The van der Waals surface area contributed by atoms with E-state index in [4.69, 9.17) is 4.74 Å². The number of aryl methyl sites for hydroxylation is 2. The molecule has 1 saturated heterocycles. The van der Waals surface area contributed by atoms with E-state index in [1.165, 1.54) is 12.0 Å². The normalized spacial score (nSPS) is 20.3. The van der Waals surface area contributed by atoms with Gasteiger partial charge in [0.05, 0.1) is 6.61 Å². The van der Waals surface area contributed by atoms with Gasteiger partial charge in [0.15, 0.2) is 5.82 Å². The van der Waals surface area contributed by atoms with Gasteiger partial charge in [-0.15, -0.1) is 0 Å². The van der Waals surface area contributed by atoms with Gasteiger partial charge in [0.1, 0.15) is 6.10 Å². The highest BCUT2D eigenvalue weighted by Gasteiger charge is 2.24. The van der Waals surface area contributed by atoms with Crippen LogP contribution in [0.2, 0.25) is 0 Å². The molecule has 5 nitrogen and oxygen atoms in total. The molecule has 5 heteroatoms. The highest BCUT2D eigenvalue weighted by Crippen LogP contribution is 2.21. The lowest BCUT2D eigenvalue weighted by Gasteiger charge is -2.32. The molecule has 1 aromatic heterocycles. The molecule has 0 amide bonds. The average molecular weight is 278 g/mol. The van der Waals surface area contributed by atoms with Crippen molar-refractivity contribution in [2.45, 2.75) is 39.8 Å². The van der Waals surface area contributed by atoms with Crippen molar-refractivity contribution in [3.63, 3.8) is 0 Å². The summed E-state index contributed by atoms with van der Waals surface area (Å²) >= 11 is 0. The van der Waals surface area contributed by atoms with Crippen molar-refractivity contribution in [2.24, 2.45) is 0 Å². The zero-order chi connectivity index (χ0) is 14.5. The van der Waals surface area contributed by atoms with Crippen molar-refractivity contribution >= 4 is 0 Å². The summed E-state index contributed by atoms with van der Waals surface area (Å²) in [5.74, 6) is 0.834. The van der Waals surface area contributed by atoms with Gasteiger partial charge in [0.25, 0.3) is 0 Å². The summed E-state index contributed by atoms with van der Waals surface area (Å²) in [5, 5.41) is 3.17. The lowest BCUT2D eigenvalue weighted by molar-refractivity contribution is -0.0343. The molecule has 1 aliphatic heterocycles. The van der Waals surface area contributed by atoms with E-state index in [9.17, 15) is 0 Å². The fourth-order valence-electron chi connectivity index (χ4n) is 2.72. The van der Waals surface area contributed by atoms with E-state index in [1.54, 1.807) is 0 Å². The van der Waals surface area contributed by atoms with Gasteiger partial charge in [-0.05, 0) is 33.9 Å². The molecule has 0 aliphatic carbocycles. The van der Waals surface area contributed by atoms with Gasteiger partial charge in [-0.1, -0.05) is 6.92 Å². The molecule has 0 radical (unpaired) electrons. The summed E-state index contributed by atoms with van der Waals surface area (Å²) < 4.78 is 5.87. The summed E-state index contributed by atoms with van der Waals surface area (Å²) in [6.07, 6.45) is 1.18. The van der Waals surface area contributed by atoms with Crippen molar-refractivity contribution in [3.05, 3.63) is 22.8 Å². The van der Waals surface area contributed by atoms with Gasteiger partial charge in [-0.3, -0.25) is 4.90 Å². The molecule has 0 bridgehead atoms. The lowest BCUT2D eigenvalue weighted by Crippen LogP contribution is -2.39. The first-order chi connectivity index (χ1) is 9.65. The lowest BCUT2D eigenvalue weighted by atomic mass is 10.1. The van der Waals surface area contributed by atoms with Crippen LogP contribution in [0.25, 0.3) is 0 Å². The number of ether oxygens (including phenoxy) is 1. The van der Waals surface area contributed by atoms with E-state index < -0.39 is 0 Å². The molecule has 1 N–H and O–H groups in total. The summed E-state index contributed by atoms with van der Waals surface area (Å²) in [5.41, 5.74) is 3.30. The second kappa shape index (κ2) is 7.11. The van der Waals surface area contributed by atoms with Crippen molar-refractivity contribution in [1.29, 1.82) is 0 Å². The topological polar surface area (TPSA) is 50.3 Å². The fourth-order valence-corrected chi connectivity index (χ4v) is 2.72. The van der Waals surface area contributed by atoms with Crippen LogP contribution in [0.15, 0.2) is 0 Å². The Balaban J connectivity index is 2.16. The predicted octanol–water partition coefficient (Wildman–Crippen LogP) is 1.60. The quantitative estimate of drug-likeness (QED) is 0.886. The minimum absolute atomic E-state index is 0.0105. The molecule has 0 spiro atoms. The standard InChI is InChI=1S/C15H26N4O/c1-5-6-19-7-8-20-14(10-19)15-17-11(2)13(9-16-4)12(3)18-15/h14,16H,5-10H2,1-4H3. The minimum Gasteiger partial charge on any atom is -0.368 e. The van der Waals surface area contributed by atoms with Crippen molar-refractivity contribution in [3.8, 4) is 0 Å². The van der Waals surface area contributed by atoms with Crippen LogP contribution in [-0.4, -0.2) is 48.2 Å². The largest absolute Gasteiger partial charge is 0.368 e. The van der Waals surface area contributed by atoms with E-state index in [0.29, 0.717) is 0 Å². The molecule has 1 unspecified atom stereocenters. The number of aromatic nitrogens is 2. The maximum absolute atomic E-state index is 5.87. The van der Waals surface area contributed by atoms with Crippen LogP contribution < -0.4 is 5.32 Å². The van der Waals surface area contributed by atoms with Crippen LogP contribution in [-0.2, 0) is 11.3 Å². The van der Waals surface area contributed by atoms with Crippen LogP contribution in [0.5, 0.6) is 0 Å². The summed E-state index contributed by atoms with van der Waals surface area (Å²) in [7, 11) is 1.94. The maximum Gasteiger partial charge on any atom is 0.158 e. The van der Waals surface area contributed by atoms with E-state index in [0.717, 1.165) is 50.0 Å². The maximum atomic E-state index is 5.87. The number of morpholine rings is 1. The summed E-state index contributed by atoms with van der Waals surface area (Å²) in [6.45, 7) is 10.9. The summed E-state index contributed by atoms with van der Waals surface area (Å²) in [4.78, 5) is 11.8. The third kappa shape index (κ3) is 3.53. The Labute approximate surface area is 121 Å². The van der Waals surface area contributed by atoms with Gasteiger partial charge >= 0.3 is 0 Å². The van der Waals surface area contributed by atoms with Crippen molar-refractivity contribution < 1.29 is 4.74 Å². The molecule has 1 fully saturated rings. The zero-order valence-electron chi connectivity index (χ0n) is 13.1. The van der Waals surface area contributed by atoms with Gasteiger partial charge in [0, 0.05) is 36.6 Å². The van der Waals surface area contributed by atoms with Crippen molar-refractivity contribution in [1.82, 2.24) is 20.2 Å². The molecule has 0 aromatic carbocycles. The van der Waals surface area contributed by atoms with Gasteiger partial charge < -0.3 is 10.1 Å². The Morgan fingerprint density at radius 3 is 2.60 bits per heavy atom. The Morgan fingerprint density at radius 2 is 2.00 bits per heavy atom. The number of rotatable bonds is 5. The van der Waals surface area contributed by atoms with Crippen molar-refractivity contribution in [2.75, 3.05) is 33.3 Å². The van der Waals surface area contributed by atoms with Gasteiger partial charge in [-0.2, -0.15) is 0 Å². The van der Waals surface area contributed by atoms with E-state index >= 15 is 0 Å². The number of hydrogen-bond donors (Lipinski definition) is 1. The first-order valence-electron chi connectivity index (χ1n) is 7.48. The minimum atomic E-state index is 0.0105. The first kappa shape index (κ1) is 15.4. The summed E-state index contributed by atoms with van der Waals surface area (Å²) in [6, 6.07) is 0. The molecule has 1 aromatic rings. The molecular formula is C15H26N4O. The van der Waals surface area contributed by atoms with E-state index in [-0.39, 0.29) is 6.10 Å². The highest BCUT2D eigenvalue weighted by atomic mass is 16.5. The molecular weight excluding hydrogens is 252 g/mol. The molecule has 1 aliphatic rings. The number of nitrogens with one attached hydrogen (secondary N) is 1. The molecule has 20 heavy (non-hydrogen) atoms. The third-order valence-corrected chi connectivity index (χ3v) is 3.77. The van der Waals surface area contributed by atoms with E-state index in [2.05, 4.69) is 41.0 Å². The Kier molecular flexibility index (Phi) is 5.46. The Bertz CT molecular complexity index is 424. The Hall–Kier alpha value is -1.04. The van der Waals surface area contributed by atoms with E-state index in [1.807, 2.05) is 7.05 Å². The van der Waals surface area contributed by atoms with Gasteiger partial charge in [0.2, 0.25) is 0 Å². The third-order valence-electron chi connectivity index (χ3n) is 3.77. The average Bonchev–Trinajstić information content (AvgIpc) is 2.43. The molecule has 112 valence electrons. The first-order valence-corrected chi connectivity index (χ1v) is 7.48. The monoisotopic (exact) mass is 278 g/mol. The molecule has 1 atom stereocenters. The van der Waals surface area contributed by atoms with Crippen LogP contribution in [0, 0.1) is 13.8 Å².